The van der Waals surface area contributed by atoms with Crippen molar-refractivity contribution in [2.75, 3.05) is 0 Å². The third-order valence-electron chi connectivity index (χ3n) is 8.93. The number of hydrogen-bond acceptors (Lipinski definition) is 5. The van der Waals surface area contributed by atoms with Crippen molar-refractivity contribution in [3.05, 3.63) is 23.4 Å². The van der Waals surface area contributed by atoms with Gasteiger partial charge < -0.3 is 9.64 Å². The molecule has 1 aromatic carbocycles. The first kappa shape index (κ1) is 26.9. The number of aromatic nitrogens is 2. The number of amides is 1. The maximum Gasteiger partial charge on any atom is 0.245 e. The summed E-state index contributed by atoms with van der Waals surface area (Å²) in [5.41, 5.74) is 2.41. The molecule has 1 aromatic heterocycles. The van der Waals surface area contributed by atoms with Crippen LogP contribution in [0.4, 0.5) is 0 Å². The predicted molar refractivity (Wildman–Crippen MR) is 148 cm³/mol. The SMILES string of the molecule is CCC(=O)[C@@H]1C[C@]23CCCCCCCCCc4cc(OC(C)C)cc5c(C(C)=O)nn(c45)CC(=O)N1[C@@H]2C3. The molecule has 206 valence electrons. The summed E-state index contributed by atoms with van der Waals surface area (Å²) in [5, 5.41) is 5.45. The summed E-state index contributed by atoms with van der Waals surface area (Å²) in [7, 11) is 0. The summed E-state index contributed by atoms with van der Waals surface area (Å²) in [6.07, 6.45) is 12.5. The number of carbonyl (C=O) groups excluding carboxylic acids is 3. The summed E-state index contributed by atoms with van der Waals surface area (Å²) in [6, 6.07) is 3.79. The van der Waals surface area contributed by atoms with Crippen LogP contribution in [0.1, 0.15) is 114 Å². The first-order valence-corrected chi connectivity index (χ1v) is 14.8. The van der Waals surface area contributed by atoms with E-state index in [1.54, 1.807) is 4.68 Å². The maximum absolute atomic E-state index is 13.9. The lowest BCUT2D eigenvalue weighted by molar-refractivity contribution is -0.139. The lowest BCUT2D eigenvalue weighted by Gasteiger charge is -2.26. The monoisotopic (exact) mass is 521 g/mol. The molecular weight excluding hydrogens is 478 g/mol. The molecule has 2 fully saturated rings. The van der Waals surface area contributed by atoms with Gasteiger partial charge in [-0.3, -0.25) is 19.1 Å². The number of aryl methyl sites for hydroxylation is 1. The van der Waals surface area contributed by atoms with Crippen LogP contribution in [0.15, 0.2) is 12.1 Å². The summed E-state index contributed by atoms with van der Waals surface area (Å²) in [6.45, 7) is 7.44. The van der Waals surface area contributed by atoms with Crippen LogP contribution in [0.5, 0.6) is 5.75 Å². The molecule has 2 aromatic rings. The van der Waals surface area contributed by atoms with E-state index in [1.807, 2.05) is 31.7 Å². The van der Waals surface area contributed by atoms with Gasteiger partial charge in [0.2, 0.25) is 5.91 Å². The summed E-state index contributed by atoms with van der Waals surface area (Å²) >= 11 is 0. The zero-order chi connectivity index (χ0) is 27.0. The zero-order valence-electron chi connectivity index (χ0n) is 23.6. The number of ether oxygens (including phenoxy) is 1. The topological polar surface area (TPSA) is 81.5 Å². The van der Waals surface area contributed by atoms with E-state index in [9.17, 15) is 14.4 Å². The van der Waals surface area contributed by atoms with E-state index in [2.05, 4.69) is 6.07 Å². The Kier molecular flexibility index (Phi) is 7.65. The highest BCUT2D eigenvalue weighted by Crippen LogP contribution is 2.62. The molecule has 3 atom stereocenters. The summed E-state index contributed by atoms with van der Waals surface area (Å²) < 4.78 is 7.79. The smallest absolute Gasteiger partial charge is 0.245 e. The Morgan fingerprint density at radius 2 is 1.79 bits per heavy atom. The minimum atomic E-state index is -0.329. The molecule has 0 spiro atoms. The Labute approximate surface area is 226 Å². The molecule has 0 N–H and O–H groups in total. The number of hydrogen-bond donors (Lipinski definition) is 0. The molecule has 7 nitrogen and oxygen atoms in total. The first-order chi connectivity index (χ1) is 18.2. The molecule has 2 aliphatic heterocycles. The largest absolute Gasteiger partial charge is 0.491 e. The molecule has 3 aliphatic rings. The normalized spacial score (nSPS) is 26.3. The highest BCUT2D eigenvalue weighted by Gasteiger charge is 2.66. The molecule has 1 saturated carbocycles. The number of carbonyl (C=O) groups is 3. The molecule has 0 unspecified atom stereocenters. The van der Waals surface area contributed by atoms with E-state index < -0.39 is 0 Å². The van der Waals surface area contributed by atoms with Gasteiger partial charge in [-0.25, -0.2) is 0 Å². The zero-order valence-corrected chi connectivity index (χ0v) is 23.6. The van der Waals surface area contributed by atoms with Gasteiger partial charge in [0.05, 0.1) is 17.7 Å². The third kappa shape index (κ3) is 5.13. The number of Topliss-reactive ketones (excluding diaryl/α,β-unsaturated/α-hetero) is 2. The van der Waals surface area contributed by atoms with Gasteiger partial charge in [0.1, 0.15) is 18.0 Å². The van der Waals surface area contributed by atoms with E-state index in [4.69, 9.17) is 9.84 Å². The average Bonchev–Trinajstić information content (AvgIpc) is 3.27. The summed E-state index contributed by atoms with van der Waals surface area (Å²) in [5.74, 6) is 0.707. The van der Waals surface area contributed by atoms with Crippen molar-refractivity contribution < 1.29 is 19.1 Å². The molecule has 2 bridgehead atoms. The molecule has 3 heterocycles. The number of benzene rings is 1. The van der Waals surface area contributed by atoms with Gasteiger partial charge in [0.25, 0.3) is 0 Å². The van der Waals surface area contributed by atoms with Gasteiger partial charge in [-0.05, 0) is 69.1 Å². The number of piperidine rings is 1. The van der Waals surface area contributed by atoms with Crippen molar-refractivity contribution in [1.82, 2.24) is 14.7 Å². The van der Waals surface area contributed by atoms with Crippen molar-refractivity contribution in [1.29, 1.82) is 0 Å². The maximum atomic E-state index is 13.9. The van der Waals surface area contributed by atoms with Crippen molar-refractivity contribution in [2.45, 2.75) is 129 Å². The van der Waals surface area contributed by atoms with Crippen molar-refractivity contribution >= 4 is 28.4 Å². The third-order valence-corrected chi connectivity index (χ3v) is 8.93. The van der Waals surface area contributed by atoms with E-state index in [0.29, 0.717) is 12.1 Å². The van der Waals surface area contributed by atoms with E-state index in [0.717, 1.165) is 60.7 Å². The second-order valence-corrected chi connectivity index (χ2v) is 12.1. The van der Waals surface area contributed by atoms with E-state index in [-0.39, 0.29) is 47.6 Å². The van der Waals surface area contributed by atoms with Crippen LogP contribution >= 0.6 is 0 Å². The molecule has 1 amide bonds. The second-order valence-electron chi connectivity index (χ2n) is 12.1. The second kappa shape index (κ2) is 10.8. The molecule has 0 radical (unpaired) electrons. The Morgan fingerprint density at radius 3 is 2.47 bits per heavy atom. The van der Waals surface area contributed by atoms with Crippen LogP contribution in [0.25, 0.3) is 10.9 Å². The Hall–Kier alpha value is -2.70. The van der Waals surface area contributed by atoms with Crippen LogP contribution in [-0.2, 0) is 22.6 Å². The minimum Gasteiger partial charge on any atom is -0.491 e. The van der Waals surface area contributed by atoms with E-state index >= 15 is 0 Å². The van der Waals surface area contributed by atoms with Crippen LogP contribution in [0, 0.1) is 5.41 Å². The first-order valence-electron chi connectivity index (χ1n) is 14.8. The van der Waals surface area contributed by atoms with Gasteiger partial charge >= 0.3 is 0 Å². The number of nitrogens with zero attached hydrogens (tertiary/aromatic N) is 3. The van der Waals surface area contributed by atoms with Crippen molar-refractivity contribution in [2.24, 2.45) is 5.41 Å². The van der Waals surface area contributed by atoms with Crippen LogP contribution in [0.3, 0.4) is 0 Å². The standard InChI is InChI=1S/C31H43N3O4/c1-5-26(36)25-17-31-14-12-10-8-6-7-9-11-13-22-15-23(38-20(2)3)16-24-29(21(4)35)32-33(30(22)24)19-28(37)34(25)27(31)18-31/h15-16,20,25,27H,5-14,17-19H2,1-4H3/t25-,27+,31-/m0/s1. The Bertz CT molecular complexity index is 1230. The van der Waals surface area contributed by atoms with Gasteiger partial charge in [-0.2, -0.15) is 5.10 Å². The predicted octanol–water partition coefficient (Wildman–Crippen LogP) is 6.04. The summed E-state index contributed by atoms with van der Waals surface area (Å²) in [4.78, 5) is 41.5. The Morgan fingerprint density at radius 1 is 1.08 bits per heavy atom. The highest BCUT2D eigenvalue weighted by atomic mass is 16.5. The molecule has 1 saturated heterocycles. The van der Waals surface area contributed by atoms with Crippen LogP contribution in [-0.4, -0.2) is 50.3 Å². The lowest BCUT2D eigenvalue weighted by atomic mass is 9.91. The van der Waals surface area contributed by atoms with Crippen molar-refractivity contribution in [3.8, 4) is 5.75 Å². The fourth-order valence-corrected chi connectivity index (χ4v) is 7.03. The van der Waals surface area contributed by atoms with Crippen LogP contribution < -0.4 is 4.74 Å². The Balaban J connectivity index is 1.56. The van der Waals surface area contributed by atoms with Crippen molar-refractivity contribution in [3.63, 3.8) is 0 Å². The molecule has 5 rings (SSSR count). The van der Waals surface area contributed by atoms with Gasteiger partial charge in [0.15, 0.2) is 11.6 Å². The molecule has 38 heavy (non-hydrogen) atoms. The highest BCUT2D eigenvalue weighted by molar-refractivity contribution is 6.06. The van der Waals surface area contributed by atoms with Crippen LogP contribution in [0.2, 0.25) is 0 Å². The van der Waals surface area contributed by atoms with Gasteiger partial charge in [-0.15, -0.1) is 0 Å². The molecular formula is C31H43N3O4. The number of rotatable bonds is 5. The van der Waals surface area contributed by atoms with E-state index in [1.165, 1.54) is 39.0 Å². The molecule has 7 heteroatoms. The number of ketones is 2. The van der Waals surface area contributed by atoms with Gasteiger partial charge in [-0.1, -0.05) is 45.4 Å². The fraction of sp³-hybridized carbons (Fsp3) is 0.677. The van der Waals surface area contributed by atoms with Gasteiger partial charge in [0, 0.05) is 24.8 Å². The minimum absolute atomic E-state index is 0.00851. The lowest BCUT2D eigenvalue weighted by Crippen LogP contribution is -2.44. The fourth-order valence-electron chi connectivity index (χ4n) is 7.03. The average molecular weight is 522 g/mol. The molecule has 1 aliphatic carbocycles. The quantitative estimate of drug-likeness (QED) is 0.448.